The smallest absolute Gasteiger partial charge is 0.274 e. The second-order valence-corrected chi connectivity index (χ2v) is 5.49. The molecule has 0 spiro atoms. The van der Waals surface area contributed by atoms with Crippen molar-refractivity contribution in [3.05, 3.63) is 36.0 Å². The van der Waals surface area contributed by atoms with Gasteiger partial charge in [-0.1, -0.05) is 0 Å². The predicted octanol–water partition coefficient (Wildman–Crippen LogP) is 2.47. The Morgan fingerprint density at radius 3 is 2.50 bits per heavy atom. The summed E-state index contributed by atoms with van der Waals surface area (Å²) in [7, 11) is 3.19. The molecule has 2 heterocycles. The maximum absolute atomic E-state index is 12.3. The lowest BCUT2D eigenvalue weighted by atomic mass is 10.2. The highest BCUT2D eigenvalue weighted by molar-refractivity contribution is 5.92. The third kappa shape index (κ3) is 3.40. The molecule has 1 aromatic carbocycles. The number of ether oxygens (including phenoxy) is 2. The van der Waals surface area contributed by atoms with Gasteiger partial charge < -0.3 is 19.7 Å². The van der Waals surface area contributed by atoms with E-state index in [-0.39, 0.29) is 5.91 Å². The molecule has 0 aliphatic carbocycles. The Bertz CT molecular complexity index is 712. The number of amides is 1. The SMILES string of the molecule is COc1ccc(Nc2ccc(C(=O)N3CCCC3)nn2)c(OC)c1. The quantitative estimate of drug-likeness (QED) is 0.908. The number of likely N-dealkylation sites (tertiary alicyclic amines) is 1. The van der Waals surface area contributed by atoms with Crippen molar-refractivity contribution in [2.45, 2.75) is 12.8 Å². The van der Waals surface area contributed by atoms with E-state index < -0.39 is 0 Å². The molecule has 1 amide bonds. The van der Waals surface area contributed by atoms with Gasteiger partial charge >= 0.3 is 0 Å². The number of hydrogen-bond donors (Lipinski definition) is 1. The van der Waals surface area contributed by atoms with Crippen LogP contribution in [0.25, 0.3) is 0 Å². The molecule has 3 rings (SSSR count). The number of nitrogens with one attached hydrogen (secondary N) is 1. The molecule has 2 aromatic rings. The number of anilines is 2. The van der Waals surface area contributed by atoms with Crippen LogP contribution in [0.4, 0.5) is 11.5 Å². The highest BCUT2D eigenvalue weighted by Crippen LogP contribution is 2.30. The molecule has 1 aromatic heterocycles. The Morgan fingerprint density at radius 1 is 1.08 bits per heavy atom. The number of carbonyl (C=O) groups excluding carboxylic acids is 1. The van der Waals surface area contributed by atoms with Crippen molar-refractivity contribution >= 4 is 17.4 Å². The first-order valence-corrected chi connectivity index (χ1v) is 7.83. The average molecular weight is 328 g/mol. The van der Waals surface area contributed by atoms with E-state index >= 15 is 0 Å². The van der Waals surface area contributed by atoms with Crippen molar-refractivity contribution in [3.8, 4) is 11.5 Å². The molecule has 7 nitrogen and oxygen atoms in total. The minimum Gasteiger partial charge on any atom is -0.497 e. The Hall–Kier alpha value is -2.83. The van der Waals surface area contributed by atoms with Crippen molar-refractivity contribution in [2.75, 3.05) is 32.6 Å². The topological polar surface area (TPSA) is 76.6 Å². The molecule has 0 unspecified atom stereocenters. The van der Waals surface area contributed by atoms with Crippen LogP contribution in [0, 0.1) is 0 Å². The monoisotopic (exact) mass is 328 g/mol. The van der Waals surface area contributed by atoms with E-state index in [0.29, 0.717) is 23.0 Å². The van der Waals surface area contributed by atoms with Gasteiger partial charge in [0.15, 0.2) is 11.5 Å². The van der Waals surface area contributed by atoms with E-state index in [0.717, 1.165) is 31.6 Å². The zero-order valence-corrected chi connectivity index (χ0v) is 13.8. The van der Waals surface area contributed by atoms with Gasteiger partial charge in [0.25, 0.3) is 5.91 Å². The van der Waals surface area contributed by atoms with Gasteiger partial charge in [0.2, 0.25) is 0 Å². The molecule has 126 valence electrons. The number of methoxy groups -OCH3 is 2. The van der Waals surface area contributed by atoms with Crippen LogP contribution in [0.15, 0.2) is 30.3 Å². The summed E-state index contributed by atoms with van der Waals surface area (Å²) < 4.78 is 10.5. The lowest BCUT2D eigenvalue weighted by Crippen LogP contribution is -2.28. The fourth-order valence-electron chi connectivity index (χ4n) is 2.63. The Morgan fingerprint density at radius 2 is 1.88 bits per heavy atom. The summed E-state index contributed by atoms with van der Waals surface area (Å²) in [5.41, 5.74) is 1.11. The number of rotatable bonds is 5. The van der Waals surface area contributed by atoms with E-state index in [1.165, 1.54) is 0 Å². The van der Waals surface area contributed by atoms with Gasteiger partial charge in [-0.2, -0.15) is 0 Å². The molecule has 1 fully saturated rings. The molecule has 0 atom stereocenters. The number of carbonyl (C=O) groups is 1. The van der Waals surface area contributed by atoms with E-state index in [4.69, 9.17) is 9.47 Å². The van der Waals surface area contributed by atoms with E-state index in [1.54, 1.807) is 32.4 Å². The molecular formula is C17H20N4O3. The molecule has 0 bridgehead atoms. The highest BCUT2D eigenvalue weighted by Gasteiger charge is 2.20. The van der Waals surface area contributed by atoms with Gasteiger partial charge in [0.1, 0.15) is 11.5 Å². The van der Waals surface area contributed by atoms with Crippen LogP contribution in [0.5, 0.6) is 11.5 Å². The van der Waals surface area contributed by atoms with Gasteiger partial charge in [0.05, 0.1) is 19.9 Å². The molecule has 1 saturated heterocycles. The normalized spacial score (nSPS) is 13.7. The summed E-state index contributed by atoms with van der Waals surface area (Å²) >= 11 is 0. The van der Waals surface area contributed by atoms with Gasteiger partial charge in [-0.3, -0.25) is 4.79 Å². The van der Waals surface area contributed by atoms with Crippen LogP contribution in [-0.4, -0.2) is 48.3 Å². The fraction of sp³-hybridized carbons (Fsp3) is 0.353. The first-order valence-electron chi connectivity index (χ1n) is 7.83. The molecule has 1 aliphatic heterocycles. The summed E-state index contributed by atoms with van der Waals surface area (Å²) in [6, 6.07) is 8.86. The largest absolute Gasteiger partial charge is 0.497 e. The molecule has 0 saturated carbocycles. The minimum atomic E-state index is -0.0615. The number of benzene rings is 1. The van der Waals surface area contributed by atoms with Crippen molar-refractivity contribution in [2.24, 2.45) is 0 Å². The van der Waals surface area contributed by atoms with Crippen molar-refractivity contribution in [3.63, 3.8) is 0 Å². The third-order valence-corrected chi connectivity index (χ3v) is 3.95. The molecule has 24 heavy (non-hydrogen) atoms. The summed E-state index contributed by atoms with van der Waals surface area (Å²) in [6.07, 6.45) is 2.10. The van der Waals surface area contributed by atoms with E-state index in [9.17, 15) is 4.79 Å². The number of nitrogens with zero attached hydrogens (tertiary/aromatic N) is 3. The highest BCUT2D eigenvalue weighted by atomic mass is 16.5. The Balaban J connectivity index is 1.73. The lowest BCUT2D eigenvalue weighted by Gasteiger charge is -2.14. The summed E-state index contributed by atoms with van der Waals surface area (Å²) in [5, 5.41) is 11.3. The first kappa shape index (κ1) is 16.0. The predicted molar refractivity (Wildman–Crippen MR) is 90.0 cm³/mol. The fourth-order valence-corrected chi connectivity index (χ4v) is 2.63. The average Bonchev–Trinajstić information content (AvgIpc) is 3.16. The molecule has 1 aliphatic rings. The van der Waals surface area contributed by atoms with Crippen LogP contribution in [0.3, 0.4) is 0 Å². The minimum absolute atomic E-state index is 0.0615. The third-order valence-electron chi connectivity index (χ3n) is 3.95. The molecule has 1 N–H and O–H groups in total. The second kappa shape index (κ2) is 7.16. The van der Waals surface area contributed by atoms with E-state index in [1.807, 2.05) is 17.0 Å². The summed E-state index contributed by atoms with van der Waals surface area (Å²) in [4.78, 5) is 14.1. The van der Waals surface area contributed by atoms with Crippen molar-refractivity contribution < 1.29 is 14.3 Å². The zero-order chi connectivity index (χ0) is 16.9. The number of aromatic nitrogens is 2. The maximum atomic E-state index is 12.3. The molecule has 0 radical (unpaired) electrons. The van der Waals surface area contributed by atoms with Crippen LogP contribution >= 0.6 is 0 Å². The van der Waals surface area contributed by atoms with Gasteiger partial charge in [0, 0.05) is 19.2 Å². The van der Waals surface area contributed by atoms with Crippen LogP contribution in [0.2, 0.25) is 0 Å². The van der Waals surface area contributed by atoms with E-state index in [2.05, 4.69) is 15.5 Å². The van der Waals surface area contributed by atoms with Gasteiger partial charge in [-0.15, -0.1) is 10.2 Å². The first-order chi connectivity index (χ1) is 11.7. The van der Waals surface area contributed by atoms with Crippen molar-refractivity contribution in [1.29, 1.82) is 0 Å². The summed E-state index contributed by atoms with van der Waals surface area (Å²) in [6.45, 7) is 1.59. The van der Waals surface area contributed by atoms with Crippen LogP contribution < -0.4 is 14.8 Å². The molecular weight excluding hydrogens is 308 g/mol. The maximum Gasteiger partial charge on any atom is 0.274 e. The van der Waals surface area contributed by atoms with Crippen LogP contribution in [0.1, 0.15) is 23.3 Å². The van der Waals surface area contributed by atoms with Crippen LogP contribution in [-0.2, 0) is 0 Å². The second-order valence-electron chi connectivity index (χ2n) is 5.49. The Labute approximate surface area is 140 Å². The summed E-state index contributed by atoms with van der Waals surface area (Å²) in [5.74, 6) is 1.81. The standard InChI is InChI=1S/C17H20N4O3/c1-23-12-5-6-13(15(11-12)24-2)18-16-8-7-14(19-20-16)17(22)21-9-3-4-10-21/h5-8,11H,3-4,9-10H2,1-2H3,(H,18,20). The Kier molecular flexibility index (Phi) is 4.79. The number of hydrogen-bond acceptors (Lipinski definition) is 6. The van der Waals surface area contributed by atoms with Crippen molar-refractivity contribution in [1.82, 2.24) is 15.1 Å². The van der Waals surface area contributed by atoms with Gasteiger partial charge in [-0.05, 0) is 37.1 Å². The van der Waals surface area contributed by atoms with Gasteiger partial charge in [-0.25, -0.2) is 0 Å². The zero-order valence-electron chi connectivity index (χ0n) is 13.8. The molecule has 7 heteroatoms. The lowest BCUT2D eigenvalue weighted by molar-refractivity contribution is 0.0786.